The zero-order valence-electron chi connectivity index (χ0n) is 14.5. The summed E-state index contributed by atoms with van der Waals surface area (Å²) in [5, 5.41) is 1.04. The Morgan fingerprint density at radius 2 is 1.77 bits per heavy atom. The third kappa shape index (κ3) is 3.29. The number of halogens is 1. The second kappa shape index (κ2) is 7.03. The first kappa shape index (κ1) is 17.0. The fourth-order valence-electron chi connectivity index (χ4n) is 3.35. The minimum absolute atomic E-state index is 0.0618. The van der Waals surface area contributed by atoms with Gasteiger partial charge in [-0.05, 0) is 48.5 Å². The maximum atomic E-state index is 12.8. The summed E-state index contributed by atoms with van der Waals surface area (Å²) in [5.41, 5.74) is 2.79. The molecule has 1 N–H and O–H groups in total. The van der Waals surface area contributed by atoms with Crippen LogP contribution in [0.5, 0.6) is 5.75 Å². The molecule has 0 bridgehead atoms. The summed E-state index contributed by atoms with van der Waals surface area (Å²) in [7, 11) is 1.67. The quantitative estimate of drug-likeness (QED) is 0.707. The standard InChI is InChI=1S/C20H20BrN3O2/c1-26-17-5-3-16(4-6-17)23-8-10-24(11-9-23)20(25)19-13-14-12-15(21)2-7-18(14)22-19/h2-7,12-13,22H,8-11H2,1H3. The Hall–Kier alpha value is -2.47. The van der Waals surface area contributed by atoms with Gasteiger partial charge in [0.1, 0.15) is 11.4 Å². The lowest BCUT2D eigenvalue weighted by molar-refractivity contribution is 0.0742. The van der Waals surface area contributed by atoms with E-state index in [1.165, 1.54) is 0 Å². The van der Waals surface area contributed by atoms with E-state index in [0.717, 1.165) is 39.9 Å². The lowest BCUT2D eigenvalue weighted by Crippen LogP contribution is -2.48. The molecule has 1 fully saturated rings. The Morgan fingerprint density at radius 1 is 1.04 bits per heavy atom. The molecule has 4 rings (SSSR count). The molecule has 3 aromatic rings. The lowest BCUT2D eigenvalue weighted by Gasteiger charge is -2.36. The number of carbonyl (C=O) groups is 1. The number of amides is 1. The molecule has 1 amide bonds. The number of nitrogens with one attached hydrogen (secondary N) is 1. The number of nitrogens with zero attached hydrogens (tertiary/aromatic N) is 2. The van der Waals surface area contributed by atoms with Crippen LogP contribution < -0.4 is 9.64 Å². The minimum atomic E-state index is 0.0618. The van der Waals surface area contributed by atoms with E-state index in [-0.39, 0.29) is 5.91 Å². The molecule has 134 valence electrons. The van der Waals surface area contributed by atoms with Gasteiger partial charge < -0.3 is 19.5 Å². The first-order chi connectivity index (χ1) is 12.6. The molecule has 0 unspecified atom stereocenters. The van der Waals surface area contributed by atoms with Crippen LogP contribution in [0.15, 0.2) is 53.0 Å². The number of aromatic amines is 1. The van der Waals surface area contributed by atoms with Gasteiger partial charge in [-0.3, -0.25) is 4.79 Å². The molecule has 2 heterocycles. The molecule has 5 nitrogen and oxygen atoms in total. The van der Waals surface area contributed by atoms with E-state index >= 15 is 0 Å². The summed E-state index contributed by atoms with van der Waals surface area (Å²) < 4.78 is 6.22. The first-order valence-corrected chi connectivity index (χ1v) is 9.40. The summed E-state index contributed by atoms with van der Waals surface area (Å²) in [5.74, 6) is 0.916. The van der Waals surface area contributed by atoms with Gasteiger partial charge in [0, 0.05) is 47.2 Å². The molecule has 1 aromatic heterocycles. The molecule has 1 saturated heterocycles. The van der Waals surface area contributed by atoms with Gasteiger partial charge in [-0.2, -0.15) is 0 Å². The number of benzene rings is 2. The highest BCUT2D eigenvalue weighted by Crippen LogP contribution is 2.23. The molecule has 1 aliphatic heterocycles. The van der Waals surface area contributed by atoms with Gasteiger partial charge in [0.25, 0.3) is 5.91 Å². The van der Waals surface area contributed by atoms with Crippen LogP contribution in [0.3, 0.4) is 0 Å². The Kier molecular flexibility index (Phi) is 4.59. The van der Waals surface area contributed by atoms with Crippen molar-refractivity contribution in [3.63, 3.8) is 0 Å². The van der Waals surface area contributed by atoms with Crippen molar-refractivity contribution in [2.45, 2.75) is 0 Å². The number of hydrogen-bond donors (Lipinski definition) is 1. The lowest BCUT2D eigenvalue weighted by atomic mass is 10.2. The van der Waals surface area contributed by atoms with Crippen molar-refractivity contribution >= 4 is 38.4 Å². The van der Waals surface area contributed by atoms with Crippen LogP contribution in [0.1, 0.15) is 10.5 Å². The van der Waals surface area contributed by atoms with Crippen molar-refractivity contribution < 1.29 is 9.53 Å². The van der Waals surface area contributed by atoms with Gasteiger partial charge >= 0.3 is 0 Å². The van der Waals surface area contributed by atoms with Crippen LogP contribution in [-0.2, 0) is 0 Å². The highest BCUT2D eigenvalue weighted by molar-refractivity contribution is 9.10. The van der Waals surface area contributed by atoms with Crippen molar-refractivity contribution in [2.75, 3.05) is 38.2 Å². The Labute approximate surface area is 160 Å². The van der Waals surface area contributed by atoms with Gasteiger partial charge in [-0.25, -0.2) is 0 Å². The van der Waals surface area contributed by atoms with E-state index in [2.05, 4.69) is 37.9 Å². The fraction of sp³-hybridized carbons (Fsp3) is 0.250. The normalized spacial score (nSPS) is 14.7. The van der Waals surface area contributed by atoms with Crippen LogP contribution in [0.2, 0.25) is 0 Å². The Balaban J connectivity index is 1.43. The van der Waals surface area contributed by atoms with Crippen LogP contribution in [0.25, 0.3) is 10.9 Å². The van der Waals surface area contributed by atoms with E-state index < -0.39 is 0 Å². The molecule has 0 saturated carbocycles. The second-order valence-electron chi connectivity index (χ2n) is 6.39. The van der Waals surface area contributed by atoms with Crippen LogP contribution >= 0.6 is 15.9 Å². The average molecular weight is 414 g/mol. The van der Waals surface area contributed by atoms with E-state index in [9.17, 15) is 4.79 Å². The largest absolute Gasteiger partial charge is 0.497 e. The number of ether oxygens (including phenoxy) is 1. The van der Waals surface area contributed by atoms with E-state index in [1.54, 1.807) is 7.11 Å². The maximum Gasteiger partial charge on any atom is 0.270 e. The predicted octanol–water partition coefficient (Wildman–Crippen LogP) is 3.90. The zero-order chi connectivity index (χ0) is 18.1. The first-order valence-electron chi connectivity index (χ1n) is 8.60. The molecule has 0 radical (unpaired) electrons. The number of fused-ring (bicyclic) bond motifs is 1. The minimum Gasteiger partial charge on any atom is -0.497 e. The zero-order valence-corrected chi connectivity index (χ0v) is 16.1. The predicted molar refractivity (Wildman–Crippen MR) is 107 cm³/mol. The van der Waals surface area contributed by atoms with Crippen LogP contribution in [0.4, 0.5) is 5.69 Å². The smallest absolute Gasteiger partial charge is 0.270 e. The van der Waals surface area contributed by atoms with Gasteiger partial charge in [0.15, 0.2) is 0 Å². The molecule has 0 aliphatic carbocycles. The van der Waals surface area contributed by atoms with E-state index in [0.29, 0.717) is 18.8 Å². The summed E-state index contributed by atoms with van der Waals surface area (Å²) in [4.78, 5) is 20.3. The van der Waals surface area contributed by atoms with Crippen molar-refractivity contribution in [2.24, 2.45) is 0 Å². The highest BCUT2D eigenvalue weighted by Gasteiger charge is 2.23. The van der Waals surface area contributed by atoms with Gasteiger partial charge in [-0.15, -0.1) is 0 Å². The number of hydrogen-bond acceptors (Lipinski definition) is 3. The number of H-pyrrole nitrogens is 1. The molecule has 0 atom stereocenters. The van der Waals surface area contributed by atoms with E-state index in [1.807, 2.05) is 41.3 Å². The molecular weight excluding hydrogens is 394 g/mol. The van der Waals surface area contributed by atoms with Crippen molar-refractivity contribution in [3.05, 3.63) is 58.7 Å². The molecule has 6 heteroatoms. The van der Waals surface area contributed by atoms with Crippen molar-refractivity contribution in [1.29, 1.82) is 0 Å². The van der Waals surface area contributed by atoms with Crippen molar-refractivity contribution in [3.8, 4) is 5.75 Å². The molecule has 1 aliphatic rings. The van der Waals surface area contributed by atoms with Crippen molar-refractivity contribution in [1.82, 2.24) is 9.88 Å². The van der Waals surface area contributed by atoms with E-state index in [4.69, 9.17) is 4.74 Å². The topological polar surface area (TPSA) is 48.6 Å². The number of aromatic nitrogens is 1. The maximum absolute atomic E-state index is 12.8. The third-order valence-electron chi connectivity index (χ3n) is 4.82. The number of piperazine rings is 1. The second-order valence-corrected chi connectivity index (χ2v) is 7.31. The number of methoxy groups -OCH3 is 1. The molecular formula is C20H20BrN3O2. The number of anilines is 1. The Morgan fingerprint density at radius 3 is 2.46 bits per heavy atom. The Bertz CT molecular complexity index is 928. The SMILES string of the molecule is COc1ccc(N2CCN(C(=O)c3cc4cc(Br)ccc4[nH]3)CC2)cc1. The van der Waals surface area contributed by atoms with Crippen LogP contribution in [-0.4, -0.2) is 49.1 Å². The highest BCUT2D eigenvalue weighted by atomic mass is 79.9. The molecule has 26 heavy (non-hydrogen) atoms. The number of rotatable bonds is 3. The summed E-state index contributed by atoms with van der Waals surface area (Å²) >= 11 is 3.47. The van der Waals surface area contributed by atoms with Gasteiger partial charge in [0.2, 0.25) is 0 Å². The fourth-order valence-corrected chi connectivity index (χ4v) is 3.73. The van der Waals surface area contributed by atoms with Gasteiger partial charge in [-0.1, -0.05) is 15.9 Å². The monoisotopic (exact) mass is 413 g/mol. The van der Waals surface area contributed by atoms with Gasteiger partial charge in [0.05, 0.1) is 7.11 Å². The average Bonchev–Trinajstić information content (AvgIpc) is 3.11. The summed E-state index contributed by atoms with van der Waals surface area (Å²) in [6.45, 7) is 3.07. The molecule has 0 spiro atoms. The van der Waals surface area contributed by atoms with Crippen LogP contribution in [0, 0.1) is 0 Å². The number of carbonyl (C=O) groups excluding carboxylic acids is 1. The summed E-state index contributed by atoms with van der Waals surface area (Å²) in [6, 6.07) is 16.0. The third-order valence-corrected chi connectivity index (χ3v) is 5.31. The summed E-state index contributed by atoms with van der Waals surface area (Å²) in [6.07, 6.45) is 0. The molecule has 2 aromatic carbocycles.